The average Bonchev–Trinajstić information content (AvgIpc) is 3.08. The molecule has 1 saturated heterocycles. The topological polar surface area (TPSA) is 33.3 Å². The fraction of sp³-hybridized carbons (Fsp3) is 0.455. The molecule has 2 aromatic carbocycles. The maximum absolute atomic E-state index is 5.58. The summed E-state index contributed by atoms with van der Waals surface area (Å²) in [5, 5.41) is 7.39. The van der Waals surface area contributed by atoms with Crippen LogP contribution in [0.15, 0.2) is 48.5 Å². The summed E-state index contributed by atoms with van der Waals surface area (Å²) in [6.45, 7) is 8.62. The first-order valence-electron chi connectivity index (χ1n) is 9.18. The second-order valence-corrected chi connectivity index (χ2v) is 7.90. The molecule has 2 N–H and O–H groups in total. The third-order valence-electron chi connectivity index (χ3n) is 5.08. The van der Waals surface area contributed by atoms with Crippen LogP contribution in [-0.2, 0) is 12.0 Å². The lowest BCUT2D eigenvalue weighted by molar-refractivity contribution is 0.400. The van der Waals surface area contributed by atoms with E-state index in [0.717, 1.165) is 25.3 Å². The zero-order valence-corrected chi connectivity index (χ0v) is 15.8. The molecule has 134 valence electrons. The van der Waals surface area contributed by atoms with E-state index < -0.39 is 0 Å². The molecule has 1 heterocycles. The first-order chi connectivity index (χ1) is 12.0. The number of nitrogens with one attached hydrogen (secondary N) is 2. The number of ether oxygens (including phenoxy) is 1. The Balaban J connectivity index is 1.74. The van der Waals surface area contributed by atoms with Gasteiger partial charge in [0.2, 0.25) is 0 Å². The Morgan fingerprint density at radius 2 is 1.88 bits per heavy atom. The van der Waals surface area contributed by atoms with Gasteiger partial charge < -0.3 is 15.4 Å². The van der Waals surface area contributed by atoms with Crippen molar-refractivity contribution in [3.05, 3.63) is 65.2 Å². The van der Waals surface area contributed by atoms with Crippen molar-refractivity contribution < 1.29 is 4.74 Å². The van der Waals surface area contributed by atoms with E-state index in [2.05, 4.69) is 79.9 Å². The predicted octanol–water partition coefficient (Wildman–Crippen LogP) is 4.19. The number of methoxy groups -OCH3 is 1. The number of benzene rings is 2. The van der Waals surface area contributed by atoms with E-state index in [9.17, 15) is 0 Å². The van der Waals surface area contributed by atoms with Crippen LogP contribution < -0.4 is 15.4 Å². The number of hydrogen-bond donors (Lipinski definition) is 2. The molecule has 3 rings (SSSR count). The van der Waals surface area contributed by atoms with E-state index in [-0.39, 0.29) is 5.41 Å². The highest BCUT2D eigenvalue weighted by Gasteiger charge is 2.27. The van der Waals surface area contributed by atoms with Gasteiger partial charge in [-0.2, -0.15) is 0 Å². The normalized spacial score (nSPS) is 20.6. The van der Waals surface area contributed by atoms with Gasteiger partial charge >= 0.3 is 0 Å². The Labute approximate surface area is 151 Å². The molecule has 0 unspecified atom stereocenters. The standard InChI is InChI=1S/C22H30N2O/c1-22(2,3)18-10-11-20(25-4)17(14-18)15-24-19-12-13-23-21(19)16-8-6-5-7-9-16/h5-11,14,19,21,23-24H,12-13,15H2,1-4H3/t19-,21-/m1/s1. The Kier molecular flexibility index (Phi) is 5.45. The molecular formula is C22H30N2O. The third-order valence-corrected chi connectivity index (χ3v) is 5.08. The molecule has 25 heavy (non-hydrogen) atoms. The summed E-state index contributed by atoms with van der Waals surface area (Å²) in [4.78, 5) is 0. The monoisotopic (exact) mass is 338 g/mol. The molecule has 2 atom stereocenters. The second-order valence-electron chi connectivity index (χ2n) is 7.90. The van der Waals surface area contributed by atoms with Gasteiger partial charge in [0.1, 0.15) is 5.75 Å². The molecule has 2 aromatic rings. The minimum Gasteiger partial charge on any atom is -0.496 e. The highest BCUT2D eigenvalue weighted by Crippen LogP contribution is 2.29. The van der Waals surface area contributed by atoms with Gasteiger partial charge in [-0.1, -0.05) is 63.2 Å². The lowest BCUT2D eigenvalue weighted by atomic mass is 9.86. The van der Waals surface area contributed by atoms with Crippen molar-refractivity contribution in [2.75, 3.05) is 13.7 Å². The quantitative estimate of drug-likeness (QED) is 0.858. The minimum atomic E-state index is 0.141. The van der Waals surface area contributed by atoms with Gasteiger partial charge in [-0.3, -0.25) is 0 Å². The summed E-state index contributed by atoms with van der Waals surface area (Å²) in [5.74, 6) is 0.961. The summed E-state index contributed by atoms with van der Waals surface area (Å²) >= 11 is 0. The fourth-order valence-corrected chi connectivity index (χ4v) is 3.56. The molecule has 1 aliphatic heterocycles. The summed E-state index contributed by atoms with van der Waals surface area (Å²) in [6, 6.07) is 18.1. The Hall–Kier alpha value is -1.84. The maximum Gasteiger partial charge on any atom is 0.123 e. The fourth-order valence-electron chi connectivity index (χ4n) is 3.56. The Morgan fingerprint density at radius 1 is 1.12 bits per heavy atom. The van der Waals surface area contributed by atoms with Crippen LogP contribution in [0.1, 0.15) is 49.9 Å². The van der Waals surface area contributed by atoms with Crippen molar-refractivity contribution in [3.8, 4) is 5.75 Å². The molecule has 0 bridgehead atoms. The van der Waals surface area contributed by atoms with Crippen LogP contribution in [0.5, 0.6) is 5.75 Å². The molecule has 0 aliphatic carbocycles. The SMILES string of the molecule is COc1ccc(C(C)(C)C)cc1CN[C@@H]1CCN[C@@H]1c1ccccc1. The average molecular weight is 338 g/mol. The number of hydrogen-bond acceptors (Lipinski definition) is 3. The molecule has 0 saturated carbocycles. The van der Waals surface area contributed by atoms with Crippen molar-refractivity contribution in [2.45, 2.75) is 51.2 Å². The highest BCUT2D eigenvalue weighted by atomic mass is 16.5. The highest BCUT2D eigenvalue weighted by molar-refractivity contribution is 5.39. The van der Waals surface area contributed by atoms with Crippen molar-refractivity contribution in [2.24, 2.45) is 0 Å². The second kappa shape index (κ2) is 7.59. The van der Waals surface area contributed by atoms with E-state index in [1.54, 1.807) is 7.11 Å². The first-order valence-corrected chi connectivity index (χ1v) is 9.18. The Morgan fingerprint density at radius 3 is 2.56 bits per heavy atom. The number of rotatable bonds is 5. The van der Waals surface area contributed by atoms with Crippen molar-refractivity contribution in [1.29, 1.82) is 0 Å². The van der Waals surface area contributed by atoms with Gasteiger partial charge in [-0.15, -0.1) is 0 Å². The zero-order chi connectivity index (χ0) is 17.9. The summed E-state index contributed by atoms with van der Waals surface area (Å²) < 4.78 is 5.58. The van der Waals surface area contributed by atoms with Crippen LogP contribution in [0.3, 0.4) is 0 Å². The lowest BCUT2D eigenvalue weighted by Gasteiger charge is -2.24. The van der Waals surface area contributed by atoms with Crippen molar-refractivity contribution >= 4 is 0 Å². The van der Waals surface area contributed by atoms with E-state index in [1.165, 1.54) is 16.7 Å². The van der Waals surface area contributed by atoms with Crippen molar-refractivity contribution in [1.82, 2.24) is 10.6 Å². The van der Waals surface area contributed by atoms with Gasteiger partial charge in [0.15, 0.2) is 0 Å². The van der Waals surface area contributed by atoms with Gasteiger partial charge in [0.05, 0.1) is 7.11 Å². The van der Waals surface area contributed by atoms with Crippen LogP contribution in [0.25, 0.3) is 0 Å². The van der Waals surface area contributed by atoms with Crippen LogP contribution in [0.2, 0.25) is 0 Å². The van der Waals surface area contributed by atoms with E-state index >= 15 is 0 Å². The predicted molar refractivity (Wildman–Crippen MR) is 104 cm³/mol. The molecule has 0 amide bonds. The third kappa shape index (κ3) is 4.23. The lowest BCUT2D eigenvalue weighted by Crippen LogP contribution is -2.34. The molecule has 1 aliphatic rings. The first kappa shape index (κ1) is 18.0. The van der Waals surface area contributed by atoms with Crippen LogP contribution >= 0.6 is 0 Å². The molecule has 0 spiro atoms. The van der Waals surface area contributed by atoms with Crippen molar-refractivity contribution in [3.63, 3.8) is 0 Å². The zero-order valence-electron chi connectivity index (χ0n) is 15.8. The molecule has 3 heteroatoms. The van der Waals surface area contributed by atoms with Crippen LogP contribution in [-0.4, -0.2) is 19.7 Å². The van der Waals surface area contributed by atoms with Gasteiger partial charge in [0, 0.05) is 24.2 Å². The molecule has 1 fully saturated rings. The van der Waals surface area contributed by atoms with Crippen LogP contribution in [0, 0.1) is 0 Å². The minimum absolute atomic E-state index is 0.141. The van der Waals surface area contributed by atoms with Gasteiger partial charge in [0.25, 0.3) is 0 Å². The Bertz CT molecular complexity index is 691. The molecule has 0 radical (unpaired) electrons. The van der Waals surface area contributed by atoms with Crippen LogP contribution in [0.4, 0.5) is 0 Å². The summed E-state index contributed by atoms with van der Waals surface area (Å²) in [7, 11) is 1.75. The van der Waals surface area contributed by atoms with Gasteiger partial charge in [-0.05, 0) is 35.6 Å². The smallest absolute Gasteiger partial charge is 0.123 e. The summed E-state index contributed by atoms with van der Waals surface area (Å²) in [6.07, 6.45) is 1.14. The summed E-state index contributed by atoms with van der Waals surface area (Å²) in [5.41, 5.74) is 4.07. The van der Waals surface area contributed by atoms with E-state index in [1.807, 2.05) is 0 Å². The van der Waals surface area contributed by atoms with E-state index in [4.69, 9.17) is 4.74 Å². The molecule has 0 aromatic heterocycles. The van der Waals surface area contributed by atoms with E-state index in [0.29, 0.717) is 12.1 Å². The largest absolute Gasteiger partial charge is 0.496 e. The molecule has 3 nitrogen and oxygen atoms in total. The molecular weight excluding hydrogens is 308 g/mol. The van der Waals surface area contributed by atoms with Gasteiger partial charge in [-0.25, -0.2) is 0 Å². The maximum atomic E-state index is 5.58.